The molecule has 0 bridgehead atoms. The molecule has 164 valence electrons. The zero-order valence-corrected chi connectivity index (χ0v) is 18.6. The molecule has 0 saturated carbocycles. The van der Waals surface area contributed by atoms with Gasteiger partial charge in [0.25, 0.3) is 5.69 Å². The third-order valence-corrected chi connectivity index (χ3v) is 5.63. The van der Waals surface area contributed by atoms with Crippen molar-refractivity contribution in [1.82, 2.24) is 4.98 Å². The lowest BCUT2D eigenvalue weighted by molar-refractivity contribution is -0.385. The number of esters is 1. The number of carbonyl (C=O) groups is 2. The fourth-order valence-electron chi connectivity index (χ4n) is 3.00. The van der Waals surface area contributed by atoms with Crippen LogP contribution in [0.2, 0.25) is 0 Å². The van der Waals surface area contributed by atoms with Crippen molar-refractivity contribution in [1.29, 1.82) is 0 Å². The molecule has 2 aromatic carbocycles. The van der Waals surface area contributed by atoms with E-state index >= 15 is 0 Å². The second-order valence-corrected chi connectivity index (χ2v) is 7.79. The van der Waals surface area contributed by atoms with E-state index in [1.54, 1.807) is 17.5 Å². The Hall–Kier alpha value is -3.85. The summed E-state index contributed by atoms with van der Waals surface area (Å²) in [7, 11) is 0. The van der Waals surface area contributed by atoms with Crippen LogP contribution < -0.4 is 4.90 Å². The number of thiazole rings is 1. The average Bonchev–Trinajstić information content (AvgIpc) is 3.22. The Morgan fingerprint density at radius 2 is 1.94 bits per heavy atom. The number of hydrogen-bond acceptors (Lipinski definition) is 7. The van der Waals surface area contributed by atoms with Gasteiger partial charge in [-0.3, -0.25) is 19.8 Å². The Morgan fingerprint density at radius 3 is 2.66 bits per heavy atom. The lowest BCUT2D eigenvalue weighted by Gasteiger charge is -2.21. The first kappa shape index (κ1) is 22.8. The highest BCUT2D eigenvalue weighted by molar-refractivity contribution is 7.14. The van der Waals surface area contributed by atoms with Crippen LogP contribution in [0.3, 0.4) is 0 Å². The number of nitro groups is 1. The van der Waals surface area contributed by atoms with Gasteiger partial charge >= 0.3 is 5.97 Å². The van der Waals surface area contributed by atoms with Crippen molar-refractivity contribution in [2.75, 3.05) is 4.90 Å². The Morgan fingerprint density at radius 1 is 1.19 bits per heavy atom. The molecular formula is C23H21N3O5S. The highest BCUT2D eigenvalue weighted by atomic mass is 32.1. The molecule has 3 aromatic rings. The van der Waals surface area contributed by atoms with Crippen molar-refractivity contribution in [2.45, 2.75) is 27.4 Å². The lowest BCUT2D eigenvalue weighted by Crippen LogP contribution is -2.23. The number of hydrogen-bond donors (Lipinski definition) is 0. The SMILES string of the molecule is CC(=O)N(c1nc(COC(=O)/C=C/c2ccccc2[N+](=O)[O-])cs1)c1cccc(C)c1C. The number of amides is 1. The number of aryl methyl sites for hydroxylation is 1. The summed E-state index contributed by atoms with van der Waals surface area (Å²) in [5, 5.41) is 13.2. The minimum Gasteiger partial charge on any atom is -0.456 e. The molecule has 0 aliphatic rings. The molecule has 0 saturated heterocycles. The van der Waals surface area contributed by atoms with Crippen LogP contribution in [-0.4, -0.2) is 21.8 Å². The minimum atomic E-state index is -0.657. The monoisotopic (exact) mass is 451 g/mol. The lowest BCUT2D eigenvalue weighted by atomic mass is 10.1. The molecule has 1 amide bonds. The molecule has 1 aromatic heterocycles. The fraction of sp³-hybridized carbons (Fsp3) is 0.174. The standard InChI is InChI=1S/C23H21N3O5S/c1-15-7-6-10-20(16(15)2)25(17(3)27)23-24-19(14-32-23)13-31-22(28)12-11-18-8-4-5-9-21(18)26(29)30/h4-12,14H,13H2,1-3H3/b12-11+. The predicted molar refractivity (Wildman–Crippen MR) is 123 cm³/mol. The van der Waals surface area contributed by atoms with E-state index in [0.717, 1.165) is 22.9 Å². The van der Waals surface area contributed by atoms with Crippen LogP contribution in [0.25, 0.3) is 6.08 Å². The zero-order valence-electron chi connectivity index (χ0n) is 17.8. The van der Waals surface area contributed by atoms with Gasteiger partial charge in [-0.2, -0.15) is 0 Å². The van der Waals surface area contributed by atoms with E-state index in [4.69, 9.17) is 4.74 Å². The van der Waals surface area contributed by atoms with Gasteiger partial charge in [-0.05, 0) is 43.2 Å². The van der Waals surface area contributed by atoms with Crippen LogP contribution in [0, 0.1) is 24.0 Å². The normalized spacial score (nSPS) is 10.8. The maximum atomic E-state index is 12.3. The molecule has 0 unspecified atom stereocenters. The fourth-order valence-corrected chi connectivity index (χ4v) is 3.86. The van der Waals surface area contributed by atoms with E-state index in [-0.39, 0.29) is 18.2 Å². The first-order valence-electron chi connectivity index (χ1n) is 9.67. The first-order chi connectivity index (χ1) is 15.3. The van der Waals surface area contributed by atoms with E-state index in [2.05, 4.69) is 4.98 Å². The molecule has 0 aliphatic heterocycles. The van der Waals surface area contributed by atoms with Crippen LogP contribution >= 0.6 is 11.3 Å². The number of nitro benzene ring substituents is 1. The minimum absolute atomic E-state index is 0.0882. The summed E-state index contributed by atoms with van der Waals surface area (Å²) in [5.41, 5.74) is 3.49. The molecule has 9 heteroatoms. The Kier molecular flexibility index (Phi) is 7.11. The largest absolute Gasteiger partial charge is 0.456 e. The van der Waals surface area contributed by atoms with E-state index in [1.807, 2.05) is 32.0 Å². The van der Waals surface area contributed by atoms with E-state index < -0.39 is 10.9 Å². The number of ether oxygens (including phenoxy) is 1. The summed E-state index contributed by atoms with van der Waals surface area (Å²) < 4.78 is 5.20. The van der Waals surface area contributed by atoms with Gasteiger partial charge in [-0.15, -0.1) is 11.3 Å². The van der Waals surface area contributed by atoms with Gasteiger partial charge in [-0.25, -0.2) is 9.78 Å². The summed E-state index contributed by atoms with van der Waals surface area (Å²) in [6, 6.07) is 11.8. The third kappa shape index (κ3) is 5.25. The van der Waals surface area contributed by atoms with Gasteiger partial charge in [0.05, 0.1) is 21.9 Å². The molecule has 0 radical (unpaired) electrons. The van der Waals surface area contributed by atoms with Gasteiger partial charge in [0.2, 0.25) is 5.91 Å². The summed E-state index contributed by atoms with van der Waals surface area (Å²) in [5.74, 6) is -0.834. The number of rotatable bonds is 7. The van der Waals surface area contributed by atoms with Crippen molar-refractivity contribution in [3.63, 3.8) is 0 Å². The summed E-state index contributed by atoms with van der Waals surface area (Å²) in [6.45, 7) is 5.30. The number of para-hydroxylation sites is 1. The molecule has 8 nitrogen and oxygen atoms in total. The van der Waals surface area contributed by atoms with Crippen molar-refractivity contribution in [3.8, 4) is 0 Å². The highest BCUT2D eigenvalue weighted by Gasteiger charge is 2.20. The first-order valence-corrected chi connectivity index (χ1v) is 10.6. The highest BCUT2D eigenvalue weighted by Crippen LogP contribution is 2.32. The number of anilines is 2. The topological polar surface area (TPSA) is 103 Å². The summed E-state index contributed by atoms with van der Waals surface area (Å²) in [6.07, 6.45) is 2.47. The smallest absolute Gasteiger partial charge is 0.331 e. The van der Waals surface area contributed by atoms with Crippen LogP contribution in [0.1, 0.15) is 29.3 Å². The third-order valence-electron chi connectivity index (χ3n) is 4.76. The molecule has 0 fully saturated rings. The summed E-state index contributed by atoms with van der Waals surface area (Å²) >= 11 is 1.27. The van der Waals surface area contributed by atoms with E-state index in [0.29, 0.717) is 16.4 Å². The molecule has 1 heterocycles. The van der Waals surface area contributed by atoms with E-state index in [1.165, 1.54) is 41.4 Å². The van der Waals surface area contributed by atoms with Crippen molar-refractivity contribution >= 4 is 45.8 Å². The van der Waals surface area contributed by atoms with Crippen LogP contribution in [0.5, 0.6) is 0 Å². The van der Waals surface area contributed by atoms with Gasteiger partial charge < -0.3 is 4.74 Å². The predicted octanol–water partition coefficient (Wildman–Crippen LogP) is 5.11. The van der Waals surface area contributed by atoms with Gasteiger partial charge in [0.1, 0.15) is 6.61 Å². The Bertz CT molecular complexity index is 1200. The molecule has 0 aliphatic carbocycles. The molecule has 0 N–H and O–H groups in total. The molecule has 0 spiro atoms. The molecule has 32 heavy (non-hydrogen) atoms. The van der Waals surface area contributed by atoms with Gasteiger partial charge in [-0.1, -0.05) is 24.3 Å². The van der Waals surface area contributed by atoms with Crippen molar-refractivity contribution < 1.29 is 19.2 Å². The van der Waals surface area contributed by atoms with Crippen LogP contribution in [0.15, 0.2) is 53.9 Å². The van der Waals surface area contributed by atoms with Crippen LogP contribution in [-0.2, 0) is 20.9 Å². The van der Waals surface area contributed by atoms with Crippen molar-refractivity contribution in [3.05, 3.63) is 86.4 Å². The summed E-state index contributed by atoms with van der Waals surface area (Å²) in [4.78, 5) is 40.9. The number of nitrogens with zero attached hydrogens (tertiary/aromatic N) is 3. The molecule has 3 rings (SSSR count). The Labute approximate surface area is 188 Å². The molecule has 0 atom stereocenters. The van der Waals surface area contributed by atoms with Crippen molar-refractivity contribution in [2.24, 2.45) is 0 Å². The zero-order chi connectivity index (χ0) is 23.3. The Balaban J connectivity index is 1.70. The van der Waals surface area contributed by atoms with Gasteiger partial charge in [0, 0.05) is 24.4 Å². The maximum absolute atomic E-state index is 12.3. The average molecular weight is 452 g/mol. The van der Waals surface area contributed by atoms with Gasteiger partial charge in [0.15, 0.2) is 5.13 Å². The number of aromatic nitrogens is 1. The number of carbonyl (C=O) groups excluding carboxylic acids is 2. The molecular weight excluding hydrogens is 430 g/mol. The van der Waals surface area contributed by atoms with Crippen LogP contribution in [0.4, 0.5) is 16.5 Å². The van der Waals surface area contributed by atoms with E-state index in [9.17, 15) is 19.7 Å². The number of benzene rings is 2. The second kappa shape index (κ2) is 9.97. The maximum Gasteiger partial charge on any atom is 0.331 e. The second-order valence-electron chi connectivity index (χ2n) is 6.95. The quantitative estimate of drug-likeness (QED) is 0.214.